The van der Waals surface area contributed by atoms with Gasteiger partial charge in [0.15, 0.2) is 6.29 Å². The Morgan fingerprint density at radius 3 is 2.07 bits per heavy atom. The Bertz CT molecular complexity index is 165. The Hall–Kier alpha value is -0.380. The van der Waals surface area contributed by atoms with Gasteiger partial charge in [0, 0.05) is 13.2 Å². The Morgan fingerprint density at radius 2 is 1.73 bits per heavy atom. The van der Waals surface area contributed by atoms with Crippen LogP contribution in [-0.2, 0) is 9.47 Å². The average Bonchev–Trinajstić information content (AvgIpc) is 2.18. The van der Waals surface area contributed by atoms with Gasteiger partial charge in [0.05, 0.1) is 6.04 Å². The molecular weight excluding hydrogens is 190 g/mol. The van der Waals surface area contributed by atoms with Gasteiger partial charge < -0.3 is 14.8 Å². The first-order valence-electron chi connectivity index (χ1n) is 5.79. The summed E-state index contributed by atoms with van der Waals surface area (Å²) in [5.74, 6) is 0. The number of ether oxygens (including phenoxy) is 2. The normalized spacial score (nSPS) is 13.1. The maximum absolute atomic E-state index is 5.56. The molecule has 0 heterocycles. The zero-order chi connectivity index (χ0) is 11.7. The summed E-state index contributed by atoms with van der Waals surface area (Å²) in [4.78, 5) is 0. The summed E-state index contributed by atoms with van der Waals surface area (Å²) >= 11 is 0. The lowest BCUT2D eigenvalue weighted by atomic mass is 10.1. The monoisotopic (exact) mass is 215 g/mol. The SMILES string of the molecule is C=C(C)C(NCCC)C(OCC)OCC. The van der Waals surface area contributed by atoms with Crippen molar-refractivity contribution in [3.63, 3.8) is 0 Å². The van der Waals surface area contributed by atoms with E-state index in [9.17, 15) is 0 Å². The second kappa shape index (κ2) is 8.89. The number of hydrogen-bond acceptors (Lipinski definition) is 3. The molecule has 0 aliphatic carbocycles. The molecular formula is C12H25NO2. The standard InChI is InChI=1S/C12H25NO2/c1-6-9-13-11(10(4)5)12(14-7-2)15-8-3/h11-13H,4,6-9H2,1-3,5H3. The van der Waals surface area contributed by atoms with Crippen LogP contribution >= 0.6 is 0 Å². The minimum absolute atomic E-state index is 0.0878. The van der Waals surface area contributed by atoms with Crippen molar-refractivity contribution in [2.75, 3.05) is 19.8 Å². The first-order chi connectivity index (χ1) is 7.17. The van der Waals surface area contributed by atoms with Crippen LogP contribution in [0.25, 0.3) is 0 Å². The molecule has 3 heteroatoms. The van der Waals surface area contributed by atoms with E-state index in [0.717, 1.165) is 18.5 Å². The van der Waals surface area contributed by atoms with Crippen molar-refractivity contribution in [1.82, 2.24) is 5.32 Å². The van der Waals surface area contributed by atoms with Crippen LogP contribution in [0, 0.1) is 0 Å². The largest absolute Gasteiger partial charge is 0.351 e. The molecule has 0 aromatic heterocycles. The molecule has 1 unspecified atom stereocenters. The molecule has 0 saturated carbocycles. The van der Waals surface area contributed by atoms with E-state index < -0.39 is 0 Å². The second-order valence-electron chi connectivity index (χ2n) is 3.56. The highest BCUT2D eigenvalue weighted by Gasteiger charge is 2.21. The minimum atomic E-state index is -0.218. The fraction of sp³-hybridized carbons (Fsp3) is 0.833. The molecule has 0 aromatic rings. The van der Waals surface area contributed by atoms with E-state index in [0.29, 0.717) is 13.2 Å². The number of nitrogens with one attached hydrogen (secondary N) is 1. The molecule has 3 nitrogen and oxygen atoms in total. The van der Waals surface area contributed by atoms with Gasteiger partial charge in [-0.05, 0) is 33.7 Å². The Kier molecular flexibility index (Phi) is 8.67. The minimum Gasteiger partial charge on any atom is -0.351 e. The van der Waals surface area contributed by atoms with Crippen molar-refractivity contribution >= 4 is 0 Å². The summed E-state index contributed by atoms with van der Waals surface area (Å²) in [6.45, 7) is 14.3. The first-order valence-corrected chi connectivity index (χ1v) is 5.79. The van der Waals surface area contributed by atoms with Crippen LogP contribution < -0.4 is 5.32 Å². The average molecular weight is 215 g/mol. The summed E-state index contributed by atoms with van der Waals surface area (Å²) in [6.07, 6.45) is 0.874. The molecule has 15 heavy (non-hydrogen) atoms. The Morgan fingerprint density at radius 1 is 1.20 bits per heavy atom. The molecule has 0 aromatic carbocycles. The predicted molar refractivity (Wildman–Crippen MR) is 63.9 cm³/mol. The summed E-state index contributed by atoms with van der Waals surface area (Å²) in [5.41, 5.74) is 1.05. The van der Waals surface area contributed by atoms with Crippen LogP contribution in [0.1, 0.15) is 34.1 Å². The van der Waals surface area contributed by atoms with E-state index in [1.165, 1.54) is 0 Å². The third-order valence-corrected chi connectivity index (χ3v) is 2.08. The van der Waals surface area contributed by atoms with Crippen molar-refractivity contribution < 1.29 is 9.47 Å². The van der Waals surface area contributed by atoms with Gasteiger partial charge >= 0.3 is 0 Å². The maximum atomic E-state index is 5.56. The van der Waals surface area contributed by atoms with Crippen molar-refractivity contribution in [3.8, 4) is 0 Å². The van der Waals surface area contributed by atoms with E-state index in [-0.39, 0.29) is 12.3 Å². The van der Waals surface area contributed by atoms with Gasteiger partial charge in [0.25, 0.3) is 0 Å². The molecule has 0 saturated heterocycles. The highest BCUT2D eigenvalue weighted by atomic mass is 16.7. The highest BCUT2D eigenvalue weighted by molar-refractivity contribution is 5.03. The smallest absolute Gasteiger partial charge is 0.176 e. The zero-order valence-electron chi connectivity index (χ0n) is 10.5. The van der Waals surface area contributed by atoms with Gasteiger partial charge in [-0.1, -0.05) is 19.1 Å². The molecule has 0 fully saturated rings. The van der Waals surface area contributed by atoms with Gasteiger partial charge in [0.2, 0.25) is 0 Å². The van der Waals surface area contributed by atoms with Crippen molar-refractivity contribution in [2.24, 2.45) is 0 Å². The Balaban J connectivity index is 4.30. The highest BCUT2D eigenvalue weighted by Crippen LogP contribution is 2.09. The van der Waals surface area contributed by atoms with Gasteiger partial charge in [-0.2, -0.15) is 0 Å². The van der Waals surface area contributed by atoms with Gasteiger partial charge in [0.1, 0.15) is 0 Å². The van der Waals surface area contributed by atoms with E-state index >= 15 is 0 Å². The number of hydrogen-bond donors (Lipinski definition) is 1. The van der Waals surface area contributed by atoms with Crippen molar-refractivity contribution in [1.29, 1.82) is 0 Å². The van der Waals surface area contributed by atoms with Crippen LogP contribution in [0.15, 0.2) is 12.2 Å². The molecule has 0 amide bonds. The molecule has 90 valence electrons. The van der Waals surface area contributed by atoms with E-state index in [4.69, 9.17) is 9.47 Å². The fourth-order valence-corrected chi connectivity index (χ4v) is 1.37. The lowest BCUT2D eigenvalue weighted by Gasteiger charge is -2.27. The molecule has 0 aliphatic heterocycles. The molecule has 1 N–H and O–H groups in total. The van der Waals surface area contributed by atoms with E-state index in [1.807, 2.05) is 20.8 Å². The first kappa shape index (κ1) is 14.6. The predicted octanol–water partition coefficient (Wildman–Crippen LogP) is 2.33. The van der Waals surface area contributed by atoms with E-state index in [1.54, 1.807) is 0 Å². The quantitative estimate of drug-likeness (QED) is 0.473. The topological polar surface area (TPSA) is 30.5 Å². The number of rotatable bonds is 9. The molecule has 0 radical (unpaired) electrons. The van der Waals surface area contributed by atoms with Gasteiger partial charge in [-0.3, -0.25) is 0 Å². The molecule has 1 atom stereocenters. The third kappa shape index (κ3) is 5.92. The second-order valence-corrected chi connectivity index (χ2v) is 3.56. The van der Waals surface area contributed by atoms with Crippen molar-refractivity contribution in [2.45, 2.75) is 46.4 Å². The summed E-state index contributed by atoms with van der Waals surface area (Å²) in [6, 6.07) is 0.0878. The summed E-state index contributed by atoms with van der Waals surface area (Å²) < 4.78 is 11.1. The van der Waals surface area contributed by atoms with Crippen LogP contribution in [0.3, 0.4) is 0 Å². The molecule has 0 rings (SSSR count). The Labute approximate surface area is 93.8 Å². The van der Waals surface area contributed by atoms with Gasteiger partial charge in [-0.15, -0.1) is 0 Å². The van der Waals surface area contributed by atoms with Gasteiger partial charge in [-0.25, -0.2) is 0 Å². The van der Waals surface area contributed by atoms with Crippen LogP contribution in [0.5, 0.6) is 0 Å². The fourth-order valence-electron chi connectivity index (χ4n) is 1.37. The molecule has 0 spiro atoms. The molecule has 0 aliphatic rings. The maximum Gasteiger partial charge on any atom is 0.176 e. The zero-order valence-corrected chi connectivity index (χ0v) is 10.5. The third-order valence-electron chi connectivity index (χ3n) is 2.08. The lowest BCUT2D eigenvalue weighted by Crippen LogP contribution is -2.44. The lowest BCUT2D eigenvalue weighted by molar-refractivity contribution is -0.147. The molecule has 0 bridgehead atoms. The van der Waals surface area contributed by atoms with Crippen LogP contribution in [0.2, 0.25) is 0 Å². The van der Waals surface area contributed by atoms with Crippen LogP contribution in [0.4, 0.5) is 0 Å². The summed E-state index contributed by atoms with van der Waals surface area (Å²) in [7, 11) is 0. The van der Waals surface area contributed by atoms with Crippen LogP contribution in [-0.4, -0.2) is 32.1 Å². The van der Waals surface area contributed by atoms with E-state index in [2.05, 4.69) is 18.8 Å². The van der Waals surface area contributed by atoms with Crippen molar-refractivity contribution in [3.05, 3.63) is 12.2 Å². The summed E-state index contributed by atoms with van der Waals surface area (Å²) in [5, 5.41) is 3.39.